The lowest BCUT2D eigenvalue weighted by Gasteiger charge is -2.09. The second-order valence-corrected chi connectivity index (χ2v) is 5.83. The zero-order chi connectivity index (χ0) is 17.2. The summed E-state index contributed by atoms with van der Waals surface area (Å²) < 4.78 is 12.4. The molecular weight excluding hydrogens is 318 g/mol. The summed E-state index contributed by atoms with van der Waals surface area (Å²) in [5.74, 6) is 1.92. The van der Waals surface area contributed by atoms with Crippen LogP contribution in [0.3, 0.4) is 0 Å². The summed E-state index contributed by atoms with van der Waals surface area (Å²) >= 11 is 0. The molecule has 1 aromatic heterocycles. The maximum Gasteiger partial charge on any atom is 0.231 e. The molecule has 25 heavy (non-hydrogen) atoms. The molecule has 0 fully saturated rings. The highest BCUT2D eigenvalue weighted by Crippen LogP contribution is 2.32. The van der Waals surface area contributed by atoms with E-state index in [1.807, 2.05) is 61.5 Å². The Morgan fingerprint density at radius 2 is 1.92 bits per heavy atom. The van der Waals surface area contributed by atoms with Gasteiger partial charge in [0, 0.05) is 6.07 Å². The molecule has 0 aliphatic carbocycles. The molecule has 0 atom stereocenters. The highest BCUT2D eigenvalue weighted by Gasteiger charge is 2.16. The Morgan fingerprint density at radius 3 is 2.76 bits per heavy atom. The molecule has 1 aliphatic heterocycles. The molecule has 1 N–H and O–H groups in total. The van der Waals surface area contributed by atoms with E-state index < -0.39 is 0 Å². The number of hydrogen-bond donors (Lipinski definition) is 1. The summed E-state index contributed by atoms with van der Waals surface area (Å²) in [5, 5.41) is 7.39. The van der Waals surface area contributed by atoms with Crippen LogP contribution >= 0.6 is 0 Å². The number of nitrogens with zero attached hydrogens (tertiary/aromatic N) is 2. The molecule has 0 spiro atoms. The lowest BCUT2D eigenvalue weighted by atomic mass is 10.1. The van der Waals surface area contributed by atoms with Gasteiger partial charge in [-0.25, -0.2) is 4.68 Å². The van der Waals surface area contributed by atoms with Crippen LogP contribution in [-0.4, -0.2) is 22.5 Å². The van der Waals surface area contributed by atoms with E-state index in [-0.39, 0.29) is 19.1 Å². The fourth-order valence-electron chi connectivity index (χ4n) is 2.78. The largest absolute Gasteiger partial charge is 0.454 e. The summed E-state index contributed by atoms with van der Waals surface area (Å²) in [6.45, 7) is 2.12. The number of aryl methyl sites for hydroxylation is 1. The van der Waals surface area contributed by atoms with Gasteiger partial charge in [-0.2, -0.15) is 5.10 Å². The van der Waals surface area contributed by atoms with Gasteiger partial charge in [0.25, 0.3) is 0 Å². The number of aromatic nitrogens is 2. The minimum Gasteiger partial charge on any atom is -0.454 e. The third-order valence-corrected chi connectivity index (χ3v) is 3.90. The third-order valence-electron chi connectivity index (χ3n) is 3.90. The Kier molecular flexibility index (Phi) is 3.85. The van der Waals surface area contributed by atoms with Gasteiger partial charge in [-0.05, 0) is 36.8 Å². The molecule has 4 rings (SSSR count). The van der Waals surface area contributed by atoms with Crippen LogP contribution in [-0.2, 0) is 11.2 Å². The maximum atomic E-state index is 12.5. The van der Waals surface area contributed by atoms with Crippen LogP contribution in [0.15, 0.2) is 54.6 Å². The van der Waals surface area contributed by atoms with Gasteiger partial charge in [-0.1, -0.05) is 24.3 Å². The van der Waals surface area contributed by atoms with Crippen LogP contribution in [0.1, 0.15) is 11.3 Å². The number of carbonyl (C=O) groups excluding carboxylic acids is 1. The number of benzene rings is 2. The SMILES string of the molecule is Cc1cc(NC(=O)Cc2ccc3c(c2)OCO3)n(-c2ccccc2)n1. The van der Waals surface area contributed by atoms with Gasteiger partial charge in [-0.15, -0.1) is 0 Å². The molecule has 2 heterocycles. The molecule has 0 radical (unpaired) electrons. The summed E-state index contributed by atoms with van der Waals surface area (Å²) in [4.78, 5) is 12.5. The van der Waals surface area contributed by atoms with Crippen molar-refractivity contribution in [2.45, 2.75) is 13.3 Å². The first kappa shape index (κ1) is 15.3. The predicted molar refractivity (Wildman–Crippen MR) is 93.2 cm³/mol. The van der Waals surface area contributed by atoms with Crippen molar-refractivity contribution in [1.82, 2.24) is 9.78 Å². The monoisotopic (exact) mass is 335 g/mol. The van der Waals surface area contributed by atoms with E-state index >= 15 is 0 Å². The maximum absolute atomic E-state index is 12.5. The highest BCUT2D eigenvalue weighted by molar-refractivity contribution is 5.92. The average Bonchev–Trinajstić information content (AvgIpc) is 3.21. The van der Waals surface area contributed by atoms with Crippen LogP contribution < -0.4 is 14.8 Å². The predicted octanol–water partition coefficient (Wildman–Crippen LogP) is 3.09. The van der Waals surface area contributed by atoms with Crippen LogP contribution in [0, 0.1) is 6.92 Å². The summed E-state index contributed by atoms with van der Waals surface area (Å²) in [7, 11) is 0. The van der Waals surface area contributed by atoms with Crippen molar-refractivity contribution in [3.63, 3.8) is 0 Å². The molecule has 1 amide bonds. The summed E-state index contributed by atoms with van der Waals surface area (Å²) in [6.07, 6.45) is 0.246. The summed E-state index contributed by atoms with van der Waals surface area (Å²) in [5.41, 5.74) is 2.60. The Morgan fingerprint density at radius 1 is 1.12 bits per heavy atom. The number of ether oxygens (including phenoxy) is 2. The lowest BCUT2D eigenvalue weighted by molar-refractivity contribution is -0.115. The smallest absolute Gasteiger partial charge is 0.231 e. The minimum atomic E-state index is -0.115. The number of anilines is 1. The molecule has 6 heteroatoms. The van der Waals surface area contributed by atoms with Crippen LogP contribution in [0.25, 0.3) is 5.69 Å². The number of para-hydroxylation sites is 1. The second kappa shape index (κ2) is 6.32. The molecule has 6 nitrogen and oxygen atoms in total. The number of nitrogens with one attached hydrogen (secondary N) is 1. The van der Waals surface area contributed by atoms with E-state index in [1.165, 1.54) is 0 Å². The van der Waals surface area contributed by atoms with E-state index in [2.05, 4.69) is 10.4 Å². The molecule has 0 unspecified atom stereocenters. The zero-order valence-electron chi connectivity index (χ0n) is 13.7. The number of rotatable bonds is 4. The number of fused-ring (bicyclic) bond motifs is 1. The minimum absolute atomic E-state index is 0.115. The van der Waals surface area contributed by atoms with Gasteiger partial charge < -0.3 is 14.8 Å². The van der Waals surface area contributed by atoms with E-state index in [4.69, 9.17) is 9.47 Å². The Labute approximate surface area is 145 Å². The Balaban J connectivity index is 1.52. The zero-order valence-corrected chi connectivity index (χ0v) is 13.7. The molecule has 0 saturated heterocycles. The molecule has 0 saturated carbocycles. The van der Waals surface area contributed by atoms with Gasteiger partial charge in [0.05, 0.1) is 17.8 Å². The Hall–Kier alpha value is -3.28. The van der Waals surface area contributed by atoms with E-state index in [0.29, 0.717) is 17.3 Å². The van der Waals surface area contributed by atoms with Crippen molar-refractivity contribution in [2.24, 2.45) is 0 Å². The normalized spacial score (nSPS) is 12.2. The fraction of sp³-hybridized carbons (Fsp3) is 0.158. The Bertz CT molecular complexity index is 919. The van der Waals surface area contributed by atoms with Gasteiger partial charge in [0.2, 0.25) is 12.7 Å². The second-order valence-electron chi connectivity index (χ2n) is 5.83. The van der Waals surface area contributed by atoms with E-state index in [9.17, 15) is 4.79 Å². The van der Waals surface area contributed by atoms with Gasteiger partial charge in [-0.3, -0.25) is 4.79 Å². The third kappa shape index (κ3) is 3.19. The first-order valence-corrected chi connectivity index (χ1v) is 7.99. The topological polar surface area (TPSA) is 65.4 Å². The van der Waals surface area contributed by atoms with Gasteiger partial charge >= 0.3 is 0 Å². The van der Waals surface area contributed by atoms with E-state index in [0.717, 1.165) is 16.9 Å². The van der Waals surface area contributed by atoms with Crippen LogP contribution in [0.2, 0.25) is 0 Å². The molecule has 126 valence electrons. The van der Waals surface area contributed by atoms with Crippen molar-refractivity contribution in [1.29, 1.82) is 0 Å². The first-order valence-electron chi connectivity index (χ1n) is 7.99. The quantitative estimate of drug-likeness (QED) is 0.796. The number of carbonyl (C=O) groups is 1. The average molecular weight is 335 g/mol. The van der Waals surface area contributed by atoms with Crippen molar-refractivity contribution in [2.75, 3.05) is 12.1 Å². The highest BCUT2D eigenvalue weighted by atomic mass is 16.7. The standard InChI is InChI=1S/C19H17N3O3/c1-13-9-18(22(21-13)15-5-3-2-4-6-15)20-19(23)11-14-7-8-16-17(10-14)25-12-24-16/h2-10H,11-12H2,1H3,(H,20,23). The van der Waals surface area contributed by atoms with Gasteiger partial charge in [0.1, 0.15) is 5.82 Å². The summed E-state index contributed by atoms with van der Waals surface area (Å²) in [6, 6.07) is 17.1. The van der Waals surface area contributed by atoms with E-state index in [1.54, 1.807) is 4.68 Å². The molecule has 3 aromatic rings. The molecule has 0 bridgehead atoms. The van der Waals surface area contributed by atoms with Crippen molar-refractivity contribution >= 4 is 11.7 Å². The fourth-order valence-corrected chi connectivity index (χ4v) is 2.78. The van der Waals surface area contributed by atoms with Crippen molar-refractivity contribution in [3.8, 4) is 17.2 Å². The van der Waals surface area contributed by atoms with Gasteiger partial charge in [0.15, 0.2) is 11.5 Å². The number of hydrogen-bond acceptors (Lipinski definition) is 4. The number of amides is 1. The first-order chi connectivity index (χ1) is 12.2. The molecule has 2 aromatic carbocycles. The van der Waals surface area contributed by atoms with Crippen molar-refractivity contribution in [3.05, 3.63) is 65.9 Å². The molecule has 1 aliphatic rings. The lowest BCUT2D eigenvalue weighted by Crippen LogP contribution is -2.17. The van der Waals surface area contributed by atoms with Crippen LogP contribution in [0.5, 0.6) is 11.5 Å². The van der Waals surface area contributed by atoms with Crippen molar-refractivity contribution < 1.29 is 14.3 Å². The van der Waals surface area contributed by atoms with Crippen LogP contribution in [0.4, 0.5) is 5.82 Å². The molecular formula is C19H17N3O3.